The van der Waals surface area contributed by atoms with Crippen LogP contribution in [0.3, 0.4) is 0 Å². The second-order valence-corrected chi connectivity index (χ2v) is 5.76. The number of halogens is 3. The molecule has 0 aliphatic rings. The highest BCUT2D eigenvalue weighted by atomic mass is 32.2. The van der Waals surface area contributed by atoms with Crippen LogP contribution in [0.25, 0.3) is 0 Å². The van der Waals surface area contributed by atoms with Gasteiger partial charge in [0.2, 0.25) is 5.91 Å². The maximum absolute atomic E-state index is 12.5. The highest BCUT2D eigenvalue weighted by Gasteiger charge is 2.30. The summed E-state index contributed by atoms with van der Waals surface area (Å²) in [6.07, 6.45) is -1.83. The first-order chi connectivity index (χ1) is 9.75. The minimum atomic E-state index is -4.35. The van der Waals surface area contributed by atoms with Gasteiger partial charge in [0.15, 0.2) is 0 Å². The van der Waals surface area contributed by atoms with E-state index in [1.165, 1.54) is 17.0 Å². The van der Waals surface area contributed by atoms with Crippen LogP contribution in [0.15, 0.2) is 24.3 Å². The molecule has 7 heteroatoms. The Hall–Kier alpha value is -1.21. The molecular formula is C14H19F3N2OS. The molecule has 2 N–H and O–H groups in total. The number of nitrogens with two attached hydrogens (primary N) is 1. The second kappa shape index (κ2) is 7.70. The number of carbonyl (C=O) groups excluding carboxylic acids is 1. The Morgan fingerprint density at radius 3 is 2.38 bits per heavy atom. The van der Waals surface area contributed by atoms with Crippen LogP contribution < -0.4 is 5.73 Å². The molecule has 118 valence electrons. The van der Waals surface area contributed by atoms with Crippen molar-refractivity contribution in [2.75, 3.05) is 19.1 Å². The van der Waals surface area contributed by atoms with Gasteiger partial charge in [-0.15, -0.1) is 0 Å². The van der Waals surface area contributed by atoms with E-state index in [0.29, 0.717) is 12.0 Å². The van der Waals surface area contributed by atoms with Crippen LogP contribution >= 0.6 is 11.8 Å². The molecule has 0 aliphatic carbocycles. The number of amides is 1. The largest absolute Gasteiger partial charge is 0.416 e. The number of hydrogen-bond acceptors (Lipinski definition) is 3. The van der Waals surface area contributed by atoms with E-state index in [2.05, 4.69) is 0 Å². The van der Waals surface area contributed by atoms with Crippen molar-refractivity contribution in [3.8, 4) is 0 Å². The molecule has 0 radical (unpaired) electrons. The van der Waals surface area contributed by atoms with Gasteiger partial charge < -0.3 is 10.6 Å². The van der Waals surface area contributed by atoms with Crippen LogP contribution in [0.4, 0.5) is 13.2 Å². The lowest BCUT2D eigenvalue weighted by Gasteiger charge is -2.21. The van der Waals surface area contributed by atoms with E-state index < -0.39 is 17.8 Å². The summed E-state index contributed by atoms with van der Waals surface area (Å²) in [6, 6.07) is 4.21. The zero-order valence-electron chi connectivity index (χ0n) is 12.0. The molecule has 0 fully saturated rings. The Morgan fingerprint density at radius 1 is 1.33 bits per heavy atom. The third-order valence-electron chi connectivity index (χ3n) is 3.03. The summed E-state index contributed by atoms with van der Waals surface area (Å²) in [7, 11) is 1.60. The lowest BCUT2D eigenvalue weighted by atomic mass is 10.1. The van der Waals surface area contributed by atoms with Gasteiger partial charge in [-0.2, -0.15) is 24.9 Å². The number of alkyl halides is 3. The maximum atomic E-state index is 12.5. The Bertz CT molecular complexity index is 462. The normalized spacial score (nSPS) is 13.0. The zero-order valence-corrected chi connectivity index (χ0v) is 12.8. The van der Waals surface area contributed by atoms with Crippen molar-refractivity contribution in [1.82, 2.24) is 4.90 Å². The molecule has 0 aliphatic heterocycles. The van der Waals surface area contributed by atoms with Crippen molar-refractivity contribution < 1.29 is 18.0 Å². The molecule has 0 heterocycles. The van der Waals surface area contributed by atoms with E-state index in [0.717, 1.165) is 17.9 Å². The van der Waals surface area contributed by atoms with Gasteiger partial charge in [0.05, 0.1) is 11.6 Å². The molecule has 3 nitrogen and oxygen atoms in total. The fourth-order valence-electron chi connectivity index (χ4n) is 1.80. The number of nitrogens with zero attached hydrogens (tertiary/aromatic N) is 1. The monoisotopic (exact) mass is 320 g/mol. The molecule has 1 aromatic carbocycles. The number of carbonyl (C=O) groups is 1. The van der Waals surface area contributed by atoms with Gasteiger partial charge in [-0.05, 0) is 36.1 Å². The Balaban J connectivity index is 2.62. The summed E-state index contributed by atoms with van der Waals surface area (Å²) in [5.41, 5.74) is 5.72. The van der Waals surface area contributed by atoms with Crippen LogP contribution in [-0.2, 0) is 17.5 Å². The number of likely N-dealkylation sites (N-methyl/N-ethyl adjacent to an activating group) is 1. The summed E-state index contributed by atoms with van der Waals surface area (Å²) < 4.78 is 37.4. The molecule has 1 aromatic rings. The molecule has 0 unspecified atom stereocenters. The van der Waals surface area contributed by atoms with E-state index in [4.69, 9.17) is 5.73 Å². The van der Waals surface area contributed by atoms with Crippen LogP contribution in [0.5, 0.6) is 0 Å². The van der Waals surface area contributed by atoms with Gasteiger partial charge in [0, 0.05) is 13.6 Å². The van der Waals surface area contributed by atoms with Crippen molar-refractivity contribution in [3.63, 3.8) is 0 Å². The molecule has 0 saturated heterocycles. The van der Waals surface area contributed by atoms with Crippen LogP contribution in [0.1, 0.15) is 17.5 Å². The molecular weight excluding hydrogens is 301 g/mol. The summed E-state index contributed by atoms with van der Waals surface area (Å²) in [6.45, 7) is 0.240. The molecule has 0 aromatic heterocycles. The molecule has 0 bridgehead atoms. The van der Waals surface area contributed by atoms with E-state index >= 15 is 0 Å². The van der Waals surface area contributed by atoms with Crippen LogP contribution in [-0.4, -0.2) is 35.9 Å². The first-order valence-electron chi connectivity index (χ1n) is 6.41. The predicted molar refractivity (Wildman–Crippen MR) is 78.9 cm³/mol. The van der Waals surface area contributed by atoms with Gasteiger partial charge >= 0.3 is 6.18 Å². The molecule has 1 atom stereocenters. The van der Waals surface area contributed by atoms with E-state index in [-0.39, 0.29) is 12.5 Å². The number of hydrogen-bond donors (Lipinski definition) is 1. The van der Waals surface area contributed by atoms with E-state index in [1.807, 2.05) is 6.26 Å². The topological polar surface area (TPSA) is 46.3 Å². The van der Waals surface area contributed by atoms with E-state index in [1.54, 1.807) is 18.8 Å². The number of thioether (sulfide) groups is 1. The predicted octanol–water partition coefficient (Wildman–Crippen LogP) is 2.74. The summed E-state index contributed by atoms with van der Waals surface area (Å²) in [4.78, 5) is 13.4. The average Bonchev–Trinajstić information content (AvgIpc) is 2.43. The van der Waals surface area contributed by atoms with Crippen molar-refractivity contribution in [3.05, 3.63) is 35.4 Å². The van der Waals surface area contributed by atoms with Gasteiger partial charge in [-0.1, -0.05) is 12.1 Å². The highest BCUT2D eigenvalue weighted by Crippen LogP contribution is 2.29. The second-order valence-electron chi connectivity index (χ2n) is 4.78. The third kappa shape index (κ3) is 5.59. The lowest BCUT2D eigenvalue weighted by molar-refractivity contribution is -0.137. The number of benzene rings is 1. The van der Waals surface area contributed by atoms with Crippen molar-refractivity contribution in [2.24, 2.45) is 5.73 Å². The standard InChI is InChI=1S/C14H19F3N2OS/c1-19(13(20)12(18)7-8-21-2)9-10-3-5-11(6-4-10)14(15,16)17/h3-6,12H,7-9,18H2,1-2H3/t12-/m1/s1. The van der Waals surface area contributed by atoms with Gasteiger partial charge in [0.1, 0.15) is 0 Å². The third-order valence-corrected chi connectivity index (χ3v) is 3.67. The average molecular weight is 320 g/mol. The molecule has 21 heavy (non-hydrogen) atoms. The van der Waals surface area contributed by atoms with Crippen molar-refractivity contribution in [2.45, 2.75) is 25.2 Å². The van der Waals surface area contributed by atoms with Gasteiger partial charge in [-0.25, -0.2) is 0 Å². The minimum absolute atomic E-state index is 0.205. The Labute approximate surface area is 126 Å². The maximum Gasteiger partial charge on any atom is 0.416 e. The highest BCUT2D eigenvalue weighted by molar-refractivity contribution is 7.98. The van der Waals surface area contributed by atoms with Crippen LogP contribution in [0.2, 0.25) is 0 Å². The van der Waals surface area contributed by atoms with Gasteiger partial charge in [-0.3, -0.25) is 4.79 Å². The first kappa shape index (κ1) is 17.8. The first-order valence-corrected chi connectivity index (χ1v) is 7.80. The summed E-state index contributed by atoms with van der Waals surface area (Å²) in [5, 5.41) is 0. The lowest BCUT2D eigenvalue weighted by Crippen LogP contribution is -2.41. The smallest absolute Gasteiger partial charge is 0.340 e. The Kier molecular flexibility index (Phi) is 6.54. The summed E-state index contributed by atoms with van der Waals surface area (Å²) in [5.74, 6) is 0.588. The SMILES string of the molecule is CSCC[C@@H](N)C(=O)N(C)Cc1ccc(C(F)(F)F)cc1. The van der Waals surface area contributed by atoms with Crippen molar-refractivity contribution >= 4 is 17.7 Å². The number of rotatable bonds is 6. The van der Waals surface area contributed by atoms with Crippen LogP contribution in [0, 0.1) is 0 Å². The fourth-order valence-corrected chi connectivity index (χ4v) is 2.29. The molecule has 0 spiro atoms. The van der Waals surface area contributed by atoms with Crippen molar-refractivity contribution in [1.29, 1.82) is 0 Å². The molecule has 1 amide bonds. The summed E-state index contributed by atoms with van der Waals surface area (Å²) >= 11 is 1.61. The molecule has 0 saturated carbocycles. The molecule has 1 rings (SSSR count). The minimum Gasteiger partial charge on any atom is -0.340 e. The van der Waals surface area contributed by atoms with E-state index in [9.17, 15) is 18.0 Å². The van der Waals surface area contributed by atoms with Gasteiger partial charge in [0.25, 0.3) is 0 Å². The fraction of sp³-hybridized carbons (Fsp3) is 0.500. The quantitative estimate of drug-likeness (QED) is 0.877. The Morgan fingerprint density at radius 2 is 1.90 bits per heavy atom. The zero-order chi connectivity index (χ0) is 16.0.